The second-order valence-electron chi connectivity index (χ2n) is 28.3. The molecule has 121 heavy (non-hydrogen) atoms. The third kappa shape index (κ3) is 35.1. The number of carbonyl (C=O) groups excluding carboxylic acids is 12. The molecule has 5 aromatic carbocycles. The Bertz CT molecular complexity index is 4500. The molecule has 0 saturated carbocycles. The number of guanidine groups is 1. The highest BCUT2D eigenvalue weighted by atomic mass is 33.1. The summed E-state index contributed by atoms with van der Waals surface area (Å²) in [6.45, 7) is -0.869. The lowest BCUT2D eigenvalue weighted by atomic mass is 9.85. The number of unbranched alkanes of at least 4 members (excludes halogenated alkanes) is 1. The van der Waals surface area contributed by atoms with Crippen molar-refractivity contribution in [3.05, 3.63) is 179 Å². The van der Waals surface area contributed by atoms with E-state index in [0.29, 0.717) is 11.3 Å². The zero-order valence-corrected chi connectivity index (χ0v) is 67.4. The first-order valence-corrected chi connectivity index (χ1v) is 41.1. The number of hydrogen-bond acceptors (Lipinski definition) is 21. The molecular formula is C83H98N12O24S2. The Morgan fingerprint density at radius 3 is 1.31 bits per heavy atom. The third-order valence-electron chi connectivity index (χ3n) is 18.9. The highest BCUT2D eigenvalue weighted by Crippen LogP contribution is 2.37. The zero-order chi connectivity index (χ0) is 88.5. The van der Waals surface area contributed by atoms with Gasteiger partial charge in [-0.25, -0.2) is 0 Å². The van der Waals surface area contributed by atoms with Crippen LogP contribution in [0.2, 0.25) is 0 Å². The van der Waals surface area contributed by atoms with Crippen molar-refractivity contribution in [2.75, 3.05) is 31.1 Å². The van der Waals surface area contributed by atoms with Crippen LogP contribution in [0.4, 0.5) is 0 Å². The van der Waals surface area contributed by atoms with Crippen LogP contribution in [-0.2, 0) is 99.3 Å². The quantitative estimate of drug-likeness (QED) is 0.00875. The summed E-state index contributed by atoms with van der Waals surface area (Å²) in [4.78, 5) is 237. The van der Waals surface area contributed by atoms with Crippen molar-refractivity contribution in [1.29, 1.82) is 5.41 Å². The van der Waals surface area contributed by atoms with Crippen LogP contribution >= 0.6 is 21.6 Å². The molecule has 5 aromatic rings. The van der Waals surface area contributed by atoms with Gasteiger partial charge < -0.3 is 89.5 Å². The fraction of sp³-hybridized carbons (Fsp3) is 0.386. The van der Waals surface area contributed by atoms with Crippen LogP contribution in [0.25, 0.3) is 11.1 Å². The number of hydrogen-bond donors (Lipinski definition) is 18. The van der Waals surface area contributed by atoms with Crippen molar-refractivity contribution in [3.8, 4) is 0 Å². The van der Waals surface area contributed by atoms with Gasteiger partial charge in [-0.15, -0.1) is 0 Å². The standard InChI is InChI=1S/C83H98N12O24S2/c84-83(85)87-33-15-25-58-79(116)89-47-67(100)90-63(45-73(111)112)82(119)95-62(36-48-16-5-1-6-17-48)81(118)92-59(80(117)91-58)24-13-14-32-86-76(113)55(41-69(103)104)38-64(97)60(43-71(107)108)94-78(115)56(42-70(105)106)39-65(98)61(44-72(109)110)93-77(114)54(40-68(101)102)37-57(96)30-34-120-121-35-31-66(99)88-46-49-26-28-53(29-27-49)75(52-22-11-4-12-23-52)74(50-18-7-2-8-19-50)51-20-9-3-10-21-51/h1-12,16-23,26-29,54-56,58-63H,13-15,24-25,30-47H2,(H,86,113)(H,88,99)(H,89,116)(H,90,100)(H,91,117)(H,92,118)(H,93,114)(H,94,115)(H,95,119)(H,101,102)(H,103,104)(H,105,106)(H,107,108)(H,109,110)(H,111,112)(H4,84,85,87)/t54-,55-,56-,58?,59?,60-,61-,62+,63-/m0/s1. The lowest BCUT2D eigenvalue weighted by molar-refractivity contribution is -0.145. The molecule has 1 fully saturated rings. The van der Waals surface area contributed by atoms with Crippen LogP contribution in [0.3, 0.4) is 0 Å². The van der Waals surface area contributed by atoms with E-state index in [1.54, 1.807) is 30.3 Å². The molecule has 1 aliphatic rings. The Labute approximate surface area is 702 Å². The van der Waals surface area contributed by atoms with Crippen LogP contribution in [-0.4, -0.2) is 210 Å². The van der Waals surface area contributed by atoms with E-state index in [-0.39, 0.29) is 82.7 Å². The molecular weight excluding hydrogens is 1610 g/mol. The van der Waals surface area contributed by atoms with Gasteiger partial charge in [0, 0.05) is 69.7 Å². The Kier molecular flexibility index (Phi) is 40.4. The molecule has 1 aliphatic heterocycles. The van der Waals surface area contributed by atoms with Crippen LogP contribution in [0, 0.1) is 23.2 Å². The fourth-order valence-corrected chi connectivity index (χ4v) is 14.9. The van der Waals surface area contributed by atoms with Crippen molar-refractivity contribution >= 4 is 145 Å². The third-order valence-corrected chi connectivity index (χ3v) is 21.3. The second kappa shape index (κ2) is 50.6. The molecule has 19 N–H and O–H groups in total. The summed E-state index contributed by atoms with van der Waals surface area (Å²) in [5.41, 5.74) is 12.8. The van der Waals surface area contributed by atoms with E-state index < -0.39 is 225 Å². The summed E-state index contributed by atoms with van der Waals surface area (Å²) in [7, 11) is 2.50. The van der Waals surface area contributed by atoms with Gasteiger partial charge in [0.2, 0.25) is 53.2 Å². The van der Waals surface area contributed by atoms with Gasteiger partial charge in [-0.2, -0.15) is 0 Å². The van der Waals surface area contributed by atoms with Gasteiger partial charge in [0.25, 0.3) is 0 Å². The lowest BCUT2D eigenvalue weighted by Crippen LogP contribution is -2.58. The molecule has 38 heteroatoms. The molecule has 646 valence electrons. The second-order valence-corrected chi connectivity index (χ2v) is 31.0. The van der Waals surface area contributed by atoms with E-state index in [2.05, 4.69) is 84.2 Å². The number of carboxylic acid groups (broad SMARTS) is 6. The van der Waals surface area contributed by atoms with E-state index in [4.69, 9.17) is 11.1 Å². The van der Waals surface area contributed by atoms with E-state index in [1.165, 1.54) is 21.6 Å². The molecule has 36 nitrogen and oxygen atoms in total. The molecule has 1 heterocycles. The first kappa shape index (κ1) is 96.7. The van der Waals surface area contributed by atoms with Crippen molar-refractivity contribution in [2.45, 2.75) is 152 Å². The van der Waals surface area contributed by atoms with Gasteiger partial charge in [-0.3, -0.25) is 91.7 Å². The summed E-state index contributed by atoms with van der Waals surface area (Å²) in [6.07, 6.45) is -10.6. The van der Waals surface area contributed by atoms with Crippen molar-refractivity contribution in [1.82, 2.24) is 53.2 Å². The number of nitrogens with one attached hydrogen (secondary N) is 11. The number of rotatable bonds is 49. The highest BCUT2D eigenvalue weighted by Gasteiger charge is 2.38. The summed E-state index contributed by atoms with van der Waals surface area (Å²) in [5.74, 6) is -27.9. The molecule has 0 radical (unpaired) electrons. The highest BCUT2D eigenvalue weighted by molar-refractivity contribution is 8.76. The van der Waals surface area contributed by atoms with Gasteiger partial charge in [0.15, 0.2) is 17.5 Å². The SMILES string of the molecule is N=C(N)NCCCC1NC(=O)C(CCCCNC(=O)[C@H](CC(=O)O)CC(=O)[C@H](CC(=O)O)NC(=O)[C@H](CC(=O)O)CC(=O)[C@H](CC(=O)O)NC(=O)[C@H](CC(=O)O)CC(=O)CCSSCCC(=O)NCc2ccc(C(=C(c3ccccc3)c3ccccc3)c3ccccc3)cc2)NC(=O)[C@@H](Cc2ccccc2)NC(=O)[C@H](CC(=O)O)NC(=O)CNC1=O. The number of ketones is 3. The maximum absolute atomic E-state index is 14.3. The number of amides is 9. The number of carboxylic acids is 6. The first-order chi connectivity index (χ1) is 57.7. The minimum absolute atomic E-state index is 0.0347. The average Bonchev–Trinajstić information content (AvgIpc) is 0.831. The van der Waals surface area contributed by atoms with Crippen LogP contribution in [0.15, 0.2) is 146 Å². The van der Waals surface area contributed by atoms with Gasteiger partial charge in [-0.1, -0.05) is 167 Å². The lowest BCUT2D eigenvalue weighted by Gasteiger charge is -2.26. The fourth-order valence-electron chi connectivity index (χ4n) is 12.9. The Morgan fingerprint density at radius 2 is 0.826 bits per heavy atom. The molecule has 0 aliphatic carbocycles. The molecule has 0 spiro atoms. The predicted octanol–water partition coefficient (Wildman–Crippen LogP) is 2.88. The van der Waals surface area contributed by atoms with E-state index >= 15 is 0 Å². The Balaban J connectivity index is 1.03. The van der Waals surface area contributed by atoms with E-state index in [9.17, 15) is 117 Å². The smallest absolute Gasteiger partial charge is 0.305 e. The minimum Gasteiger partial charge on any atom is -0.481 e. The van der Waals surface area contributed by atoms with Crippen molar-refractivity contribution in [3.63, 3.8) is 0 Å². The molecule has 6 rings (SSSR count). The van der Waals surface area contributed by atoms with Gasteiger partial charge >= 0.3 is 35.8 Å². The Hall–Kier alpha value is -13.1. The Morgan fingerprint density at radius 1 is 0.413 bits per heavy atom. The van der Waals surface area contributed by atoms with Crippen LogP contribution in [0.5, 0.6) is 0 Å². The normalized spacial score (nSPS) is 16.1. The molecule has 1 saturated heterocycles. The number of benzene rings is 5. The summed E-state index contributed by atoms with van der Waals surface area (Å²) in [6, 6.07) is 35.7. The number of aliphatic carboxylic acids is 6. The molecule has 0 bridgehead atoms. The first-order valence-electron chi connectivity index (χ1n) is 38.6. The van der Waals surface area contributed by atoms with E-state index in [0.717, 1.165) is 39.0 Å². The number of Topliss-reactive ketones (excluding diaryl/α,β-unsaturated/α-hetero) is 3. The largest absolute Gasteiger partial charge is 0.481 e. The summed E-state index contributed by atoms with van der Waals surface area (Å²) < 4.78 is 0. The zero-order valence-electron chi connectivity index (χ0n) is 65.7. The average molecular weight is 1710 g/mol. The minimum atomic E-state index is -2.16. The molecule has 2 unspecified atom stereocenters. The predicted molar refractivity (Wildman–Crippen MR) is 440 cm³/mol. The molecule has 0 aromatic heterocycles. The van der Waals surface area contributed by atoms with Gasteiger partial charge in [-0.05, 0) is 76.6 Å². The van der Waals surface area contributed by atoms with Crippen LogP contribution in [0.1, 0.15) is 136 Å². The van der Waals surface area contributed by atoms with Crippen molar-refractivity contribution < 1.29 is 117 Å². The van der Waals surface area contributed by atoms with Gasteiger partial charge in [0.05, 0.1) is 74.9 Å². The van der Waals surface area contributed by atoms with Gasteiger partial charge in [0.1, 0.15) is 30.0 Å². The monoisotopic (exact) mass is 1710 g/mol. The van der Waals surface area contributed by atoms with Crippen molar-refractivity contribution in [2.24, 2.45) is 23.5 Å². The number of nitrogens with two attached hydrogens (primary N) is 1. The summed E-state index contributed by atoms with van der Waals surface area (Å²) in [5, 5.41) is 90.4. The molecule has 9 atom stereocenters. The van der Waals surface area contributed by atoms with Crippen LogP contribution < -0.4 is 58.9 Å². The topological polar surface area (TPSA) is 599 Å². The number of carbonyl (C=O) groups is 18. The van der Waals surface area contributed by atoms with E-state index in [1.807, 2.05) is 84.2 Å². The maximum atomic E-state index is 14.3. The maximum Gasteiger partial charge on any atom is 0.305 e. The molecule has 9 amide bonds. The summed E-state index contributed by atoms with van der Waals surface area (Å²) >= 11 is 0.